The summed E-state index contributed by atoms with van der Waals surface area (Å²) in [4.78, 5) is 12.0. The van der Waals surface area contributed by atoms with Crippen molar-refractivity contribution in [3.63, 3.8) is 0 Å². The van der Waals surface area contributed by atoms with Crippen LogP contribution >= 0.6 is 24.0 Å². The van der Waals surface area contributed by atoms with E-state index in [1.807, 2.05) is 0 Å². The first-order valence-corrected chi connectivity index (χ1v) is 6.74. The first kappa shape index (κ1) is 15.2. The number of rotatable bonds is 4. The molecule has 3 N–H and O–H groups in total. The molecule has 4 nitrogen and oxygen atoms in total. The molecular formula is C14H16Cl2N2O2. The van der Waals surface area contributed by atoms with Crippen LogP contribution in [-0.4, -0.2) is 18.5 Å². The van der Waals surface area contributed by atoms with Crippen molar-refractivity contribution in [1.29, 1.82) is 0 Å². The lowest BCUT2D eigenvalue weighted by Crippen LogP contribution is -2.38. The van der Waals surface area contributed by atoms with Crippen LogP contribution in [0.15, 0.2) is 28.7 Å². The van der Waals surface area contributed by atoms with Gasteiger partial charge in [-0.3, -0.25) is 4.79 Å². The fourth-order valence-electron chi connectivity index (χ4n) is 2.11. The van der Waals surface area contributed by atoms with Crippen molar-refractivity contribution >= 4 is 40.9 Å². The van der Waals surface area contributed by atoms with Gasteiger partial charge in [-0.2, -0.15) is 0 Å². The molecule has 1 heterocycles. The molecule has 1 unspecified atom stereocenters. The van der Waals surface area contributed by atoms with Crippen molar-refractivity contribution in [1.82, 2.24) is 5.32 Å². The number of fused-ring (bicyclic) bond motifs is 1. The van der Waals surface area contributed by atoms with E-state index in [1.165, 1.54) is 12.8 Å². The third-order valence-electron chi connectivity index (χ3n) is 3.43. The van der Waals surface area contributed by atoms with Crippen LogP contribution in [0.5, 0.6) is 0 Å². The van der Waals surface area contributed by atoms with Crippen LogP contribution in [0.1, 0.15) is 23.4 Å². The van der Waals surface area contributed by atoms with Gasteiger partial charge in [-0.15, -0.1) is 12.4 Å². The van der Waals surface area contributed by atoms with Gasteiger partial charge in [0.25, 0.3) is 5.91 Å². The first-order chi connectivity index (χ1) is 9.13. The molecule has 108 valence electrons. The average molecular weight is 315 g/mol. The minimum atomic E-state index is -0.233. The Morgan fingerprint density at radius 3 is 2.90 bits per heavy atom. The summed E-state index contributed by atoms with van der Waals surface area (Å²) in [7, 11) is 0. The number of amides is 1. The van der Waals surface area contributed by atoms with Gasteiger partial charge in [-0.1, -0.05) is 11.6 Å². The van der Waals surface area contributed by atoms with Gasteiger partial charge in [-0.05, 0) is 43.0 Å². The van der Waals surface area contributed by atoms with Gasteiger partial charge < -0.3 is 15.5 Å². The van der Waals surface area contributed by atoms with Crippen LogP contribution in [0.2, 0.25) is 5.02 Å². The summed E-state index contributed by atoms with van der Waals surface area (Å²) in [6.07, 6.45) is 2.33. The Bertz CT molecular complexity index is 623. The number of nitrogens with one attached hydrogen (secondary N) is 1. The van der Waals surface area contributed by atoms with Crippen molar-refractivity contribution < 1.29 is 9.21 Å². The Morgan fingerprint density at radius 2 is 2.20 bits per heavy atom. The SMILES string of the molecule is Cl.NC(CNC(=O)c1cc2cc(Cl)ccc2o1)C1CC1. The summed E-state index contributed by atoms with van der Waals surface area (Å²) in [5.41, 5.74) is 6.59. The predicted molar refractivity (Wildman–Crippen MR) is 81.5 cm³/mol. The number of hydrogen-bond donors (Lipinski definition) is 2. The number of hydrogen-bond acceptors (Lipinski definition) is 3. The van der Waals surface area contributed by atoms with E-state index >= 15 is 0 Å². The zero-order valence-corrected chi connectivity index (χ0v) is 12.3. The topological polar surface area (TPSA) is 68.3 Å². The van der Waals surface area contributed by atoms with Crippen molar-refractivity contribution in [2.45, 2.75) is 18.9 Å². The normalized spacial score (nSPS) is 15.7. The molecule has 6 heteroatoms. The van der Waals surface area contributed by atoms with Gasteiger partial charge in [0.05, 0.1) is 0 Å². The monoisotopic (exact) mass is 314 g/mol. The third-order valence-corrected chi connectivity index (χ3v) is 3.66. The zero-order chi connectivity index (χ0) is 13.4. The summed E-state index contributed by atoms with van der Waals surface area (Å²) >= 11 is 5.89. The van der Waals surface area contributed by atoms with Gasteiger partial charge in [0.2, 0.25) is 0 Å². The lowest BCUT2D eigenvalue weighted by Gasteiger charge is -2.10. The molecule has 0 aliphatic heterocycles. The van der Waals surface area contributed by atoms with Gasteiger partial charge in [0, 0.05) is 23.0 Å². The smallest absolute Gasteiger partial charge is 0.287 e. The largest absolute Gasteiger partial charge is 0.451 e. The fourth-order valence-corrected chi connectivity index (χ4v) is 2.30. The molecular weight excluding hydrogens is 299 g/mol. The van der Waals surface area contributed by atoms with Crippen LogP contribution < -0.4 is 11.1 Å². The van der Waals surface area contributed by atoms with Gasteiger partial charge in [-0.25, -0.2) is 0 Å². The summed E-state index contributed by atoms with van der Waals surface area (Å²) in [6.45, 7) is 0.487. The maximum atomic E-state index is 12.0. The highest BCUT2D eigenvalue weighted by Gasteiger charge is 2.28. The second-order valence-electron chi connectivity index (χ2n) is 5.00. The highest BCUT2D eigenvalue weighted by Crippen LogP contribution is 2.31. The molecule has 1 atom stereocenters. The first-order valence-electron chi connectivity index (χ1n) is 6.36. The van der Waals surface area contributed by atoms with Crippen LogP contribution in [0.4, 0.5) is 0 Å². The number of carbonyl (C=O) groups excluding carboxylic acids is 1. The molecule has 20 heavy (non-hydrogen) atoms. The Kier molecular flexibility index (Phi) is 4.58. The van der Waals surface area contributed by atoms with Crippen molar-refractivity contribution in [3.8, 4) is 0 Å². The van der Waals surface area contributed by atoms with Crippen LogP contribution in [0.25, 0.3) is 11.0 Å². The highest BCUT2D eigenvalue weighted by molar-refractivity contribution is 6.31. The molecule has 1 aliphatic carbocycles. The molecule has 2 aromatic rings. The van der Waals surface area contributed by atoms with E-state index in [1.54, 1.807) is 24.3 Å². The number of halogens is 2. The maximum Gasteiger partial charge on any atom is 0.287 e. The highest BCUT2D eigenvalue weighted by atomic mass is 35.5. The van der Waals surface area contributed by atoms with E-state index < -0.39 is 0 Å². The van der Waals surface area contributed by atoms with Crippen molar-refractivity contribution in [2.24, 2.45) is 11.7 Å². The van der Waals surface area contributed by atoms with Crippen LogP contribution in [0.3, 0.4) is 0 Å². The molecule has 1 saturated carbocycles. The fraction of sp³-hybridized carbons (Fsp3) is 0.357. The lowest BCUT2D eigenvalue weighted by atomic mass is 10.2. The molecule has 1 aromatic carbocycles. The zero-order valence-electron chi connectivity index (χ0n) is 10.8. The summed E-state index contributed by atoms with van der Waals surface area (Å²) in [5, 5.41) is 4.25. The number of carbonyl (C=O) groups is 1. The van der Waals surface area contributed by atoms with Crippen LogP contribution in [0, 0.1) is 5.92 Å². The van der Waals surface area contributed by atoms with E-state index in [2.05, 4.69) is 5.32 Å². The lowest BCUT2D eigenvalue weighted by molar-refractivity contribution is 0.0924. The molecule has 0 radical (unpaired) electrons. The quantitative estimate of drug-likeness (QED) is 0.911. The predicted octanol–water partition coefficient (Wildman–Crippen LogP) is 2.98. The van der Waals surface area contributed by atoms with Crippen molar-refractivity contribution in [2.75, 3.05) is 6.54 Å². The Hall–Kier alpha value is -1.23. The van der Waals surface area contributed by atoms with Crippen LogP contribution in [-0.2, 0) is 0 Å². The Morgan fingerprint density at radius 1 is 1.45 bits per heavy atom. The third kappa shape index (κ3) is 3.26. The standard InChI is InChI=1S/C14H15ClN2O2.ClH/c15-10-3-4-12-9(5-10)6-13(19-12)14(18)17-7-11(16)8-1-2-8;/h3-6,8,11H,1-2,7,16H2,(H,17,18);1H. The number of furan rings is 1. The van der Waals surface area contributed by atoms with E-state index in [0.717, 1.165) is 5.39 Å². The average Bonchev–Trinajstić information content (AvgIpc) is 3.15. The van der Waals surface area contributed by atoms with Crippen molar-refractivity contribution in [3.05, 3.63) is 35.0 Å². The minimum Gasteiger partial charge on any atom is -0.451 e. The van der Waals surface area contributed by atoms with Gasteiger partial charge >= 0.3 is 0 Å². The second-order valence-corrected chi connectivity index (χ2v) is 5.44. The number of benzene rings is 1. The molecule has 3 rings (SSSR count). The molecule has 0 spiro atoms. The molecule has 1 fully saturated rings. The Labute approximate surface area is 128 Å². The molecule has 1 aliphatic rings. The molecule has 1 amide bonds. The van der Waals surface area contributed by atoms with Gasteiger partial charge in [0.1, 0.15) is 5.58 Å². The Balaban J connectivity index is 0.00000147. The minimum absolute atomic E-state index is 0. The summed E-state index contributed by atoms with van der Waals surface area (Å²) < 4.78 is 5.48. The van der Waals surface area contributed by atoms with E-state index in [4.69, 9.17) is 21.8 Å². The van der Waals surface area contributed by atoms with E-state index in [-0.39, 0.29) is 24.4 Å². The number of nitrogens with two attached hydrogens (primary N) is 1. The van der Waals surface area contributed by atoms with E-state index in [9.17, 15) is 4.79 Å². The molecule has 0 bridgehead atoms. The second kappa shape index (κ2) is 6.04. The summed E-state index contributed by atoms with van der Waals surface area (Å²) in [5.74, 6) is 0.624. The molecule has 1 aromatic heterocycles. The van der Waals surface area contributed by atoms with Gasteiger partial charge in [0.15, 0.2) is 5.76 Å². The maximum absolute atomic E-state index is 12.0. The summed E-state index contributed by atoms with van der Waals surface area (Å²) in [6, 6.07) is 7.00. The molecule has 0 saturated heterocycles. The van der Waals surface area contributed by atoms with E-state index in [0.29, 0.717) is 28.8 Å².